The summed E-state index contributed by atoms with van der Waals surface area (Å²) in [7, 11) is -1.99. The predicted molar refractivity (Wildman–Crippen MR) is 114 cm³/mol. The van der Waals surface area contributed by atoms with Crippen molar-refractivity contribution in [2.45, 2.75) is 37.2 Å². The van der Waals surface area contributed by atoms with E-state index in [4.69, 9.17) is 0 Å². The number of para-hydroxylation sites is 1. The summed E-state index contributed by atoms with van der Waals surface area (Å²) in [6.07, 6.45) is 1.21. The molecule has 1 atom stereocenters. The summed E-state index contributed by atoms with van der Waals surface area (Å²) < 4.78 is 28.6. The zero-order valence-electron chi connectivity index (χ0n) is 16.4. The molecule has 1 fully saturated rings. The molecule has 2 aromatic carbocycles. The van der Waals surface area contributed by atoms with E-state index >= 15 is 0 Å². The summed E-state index contributed by atoms with van der Waals surface area (Å²) in [6.45, 7) is 2.64. The molecular formula is C21H23N3O3S2. The first-order valence-electron chi connectivity index (χ1n) is 9.54. The maximum atomic E-state index is 13.1. The highest BCUT2D eigenvalue weighted by Crippen LogP contribution is 2.28. The van der Waals surface area contributed by atoms with Gasteiger partial charge >= 0.3 is 0 Å². The van der Waals surface area contributed by atoms with E-state index in [2.05, 4.69) is 4.98 Å². The number of amides is 1. The van der Waals surface area contributed by atoms with E-state index in [0.717, 1.165) is 20.8 Å². The van der Waals surface area contributed by atoms with Crippen molar-refractivity contribution in [3.05, 3.63) is 59.1 Å². The zero-order chi connectivity index (χ0) is 20.6. The van der Waals surface area contributed by atoms with Gasteiger partial charge in [0.25, 0.3) is 0 Å². The van der Waals surface area contributed by atoms with E-state index in [1.54, 1.807) is 47.5 Å². The van der Waals surface area contributed by atoms with E-state index in [-0.39, 0.29) is 10.8 Å². The molecule has 1 aliphatic rings. The fourth-order valence-electron chi connectivity index (χ4n) is 3.64. The third kappa shape index (κ3) is 3.92. The molecule has 1 amide bonds. The van der Waals surface area contributed by atoms with Gasteiger partial charge in [0, 0.05) is 13.6 Å². The fraction of sp³-hybridized carbons (Fsp3) is 0.333. The number of nitrogens with zero attached hydrogens (tertiary/aromatic N) is 3. The van der Waals surface area contributed by atoms with Crippen LogP contribution < -0.4 is 0 Å². The van der Waals surface area contributed by atoms with Crippen molar-refractivity contribution in [2.75, 3.05) is 13.6 Å². The first-order chi connectivity index (χ1) is 13.9. The van der Waals surface area contributed by atoms with Crippen LogP contribution in [0.5, 0.6) is 0 Å². The second-order valence-electron chi connectivity index (χ2n) is 7.36. The number of hydrogen-bond acceptors (Lipinski definition) is 5. The predicted octanol–water partition coefficient (Wildman–Crippen LogP) is 3.42. The van der Waals surface area contributed by atoms with Crippen molar-refractivity contribution < 1.29 is 13.2 Å². The van der Waals surface area contributed by atoms with Gasteiger partial charge < -0.3 is 4.90 Å². The summed E-state index contributed by atoms with van der Waals surface area (Å²) in [4.78, 5) is 19.5. The van der Waals surface area contributed by atoms with Crippen molar-refractivity contribution >= 4 is 37.5 Å². The van der Waals surface area contributed by atoms with Crippen molar-refractivity contribution in [3.63, 3.8) is 0 Å². The van der Waals surface area contributed by atoms with Crippen LogP contribution in [0.1, 0.15) is 23.4 Å². The van der Waals surface area contributed by atoms with Gasteiger partial charge in [-0.2, -0.15) is 4.31 Å². The van der Waals surface area contributed by atoms with Crippen LogP contribution in [0.2, 0.25) is 0 Å². The standard InChI is InChI=1S/C21H23N3O3S2/c1-15-9-11-16(12-10-15)29(26,27)24-13-5-7-18(24)21(25)23(2)14-20-22-17-6-3-4-8-19(17)28-20/h3-4,6,8-12,18H,5,7,13-14H2,1-2H3. The number of aromatic nitrogens is 1. The van der Waals surface area contributed by atoms with Crippen LogP contribution in [0.4, 0.5) is 0 Å². The third-order valence-corrected chi connectivity index (χ3v) is 8.15. The molecule has 0 bridgehead atoms. The summed E-state index contributed by atoms with van der Waals surface area (Å²) in [5.74, 6) is -0.183. The van der Waals surface area contributed by atoms with Crippen LogP contribution in [0, 0.1) is 6.92 Å². The van der Waals surface area contributed by atoms with Gasteiger partial charge in [-0.3, -0.25) is 4.79 Å². The summed E-state index contributed by atoms with van der Waals surface area (Å²) in [5.41, 5.74) is 1.91. The Balaban J connectivity index is 1.52. The Morgan fingerprint density at radius 2 is 1.93 bits per heavy atom. The molecule has 1 aliphatic heterocycles. The number of carbonyl (C=O) groups is 1. The first-order valence-corrected chi connectivity index (χ1v) is 11.8. The van der Waals surface area contributed by atoms with Crippen molar-refractivity contribution in [2.24, 2.45) is 0 Å². The third-order valence-electron chi connectivity index (χ3n) is 5.20. The smallest absolute Gasteiger partial charge is 0.243 e. The largest absolute Gasteiger partial charge is 0.338 e. The molecule has 6 nitrogen and oxygen atoms in total. The number of carbonyl (C=O) groups excluding carboxylic acids is 1. The Morgan fingerprint density at radius 3 is 2.66 bits per heavy atom. The van der Waals surface area contributed by atoms with Crippen molar-refractivity contribution in [3.8, 4) is 0 Å². The Hall–Kier alpha value is -2.29. The van der Waals surface area contributed by atoms with Gasteiger partial charge in [-0.15, -0.1) is 11.3 Å². The summed E-state index contributed by atoms with van der Waals surface area (Å²) >= 11 is 1.55. The maximum absolute atomic E-state index is 13.1. The number of aryl methyl sites for hydroxylation is 1. The molecule has 152 valence electrons. The van der Waals surface area contributed by atoms with Crippen LogP contribution in [0.25, 0.3) is 10.2 Å². The average Bonchev–Trinajstić information content (AvgIpc) is 3.34. The van der Waals surface area contributed by atoms with E-state index in [1.807, 2.05) is 31.2 Å². The number of thiazole rings is 1. The van der Waals surface area contributed by atoms with Crippen LogP contribution in [0.3, 0.4) is 0 Å². The Morgan fingerprint density at radius 1 is 1.21 bits per heavy atom. The lowest BCUT2D eigenvalue weighted by molar-refractivity contribution is -0.133. The molecular weight excluding hydrogens is 406 g/mol. The van der Waals surface area contributed by atoms with Crippen molar-refractivity contribution in [1.82, 2.24) is 14.2 Å². The zero-order valence-corrected chi connectivity index (χ0v) is 18.0. The second kappa shape index (κ2) is 7.85. The maximum Gasteiger partial charge on any atom is 0.243 e. The molecule has 0 saturated carbocycles. The second-order valence-corrected chi connectivity index (χ2v) is 10.4. The molecule has 0 aliphatic carbocycles. The molecule has 8 heteroatoms. The number of likely N-dealkylation sites (N-methyl/N-ethyl adjacent to an activating group) is 1. The first kappa shape index (κ1) is 20.0. The topological polar surface area (TPSA) is 70.6 Å². The molecule has 29 heavy (non-hydrogen) atoms. The molecule has 3 aromatic rings. The number of sulfonamides is 1. The van der Waals surface area contributed by atoms with E-state index in [0.29, 0.717) is 25.9 Å². The normalized spacial score (nSPS) is 17.7. The van der Waals surface area contributed by atoms with Crippen molar-refractivity contribution in [1.29, 1.82) is 0 Å². The SMILES string of the molecule is Cc1ccc(S(=O)(=O)N2CCCC2C(=O)N(C)Cc2nc3ccccc3s2)cc1. The molecule has 1 aromatic heterocycles. The lowest BCUT2D eigenvalue weighted by Gasteiger charge is -2.27. The highest BCUT2D eigenvalue weighted by atomic mass is 32.2. The average molecular weight is 430 g/mol. The minimum absolute atomic E-state index is 0.183. The number of fused-ring (bicyclic) bond motifs is 1. The van der Waals surface area contributed by atoms with Crippen LogP contribution in [-0.2, 0) is 21.4 Å². The van der Waals surface area contributed by atoms with Crippen LogP contribution >= 0.6 is 11.3 Å². The minimum atomic E-state index is -3.70. The number of hydrogen-bond donors (Lipinski definition) is 0. The number of rotatable bonds is 5. The highest BCUT2D eigenvalue weighted by molar-refractivity contribution is 7.89. The fourth-order valence-corrected chi connectivity index (χ4v) is 6.31. The van der Waals surface area contributed by atoms with Gasteiger partial charge in [0.1, 0.15) is 11.0 Å². The molecule has 1 unspecified atom stereocenters. The monoisotopic (exact) mass is 429 g/mol. The molecule has 0 N–H and O–H groups in total. The van der Waals surface area contributed by atoms with Gasteiger partial charge in [0.2, 0.25) is 15.9 Å². The Bertz CT molecular complexity index is 1110. The van der Waals surface area contributed by atoms with E-state index in [9.17, 15) is 13.2 Å². The minimum Gasteiger partial charge on any atom is -0.338 e. The summed E-state index contributed by atoms with van der Waals surface area (Å²) in [6, 6.07) is 14.0. The van der Waals surface area contributed by atoms with Gasteiger partial charge in [-0.1, -0.05) is 29.8 Å². The van der Waals surface area contributed by atoms with Crippen LogP contribution in [-0.4, -0.2) is 48.1 Å². The van der Waals surface area contributed by atoms with E-state index < -0.39 is 16.1 Å². The molecule has 0 spiro atoms. The number of benzene rings is 2. The molecule has 4 rings (SSSR count). The lowest BCUT2D eigenvalue weighted by atomic mass is 10.2. The Labute approximate surface area is 174 Å². The van der Waals surface area contributed by atoms with Gasteiger partial charge in [0.05, 0.1) is 21.7 Å². The summed E-state index contributed by atoms with van der Waals surface area (Å²) in [5, 5.41) is 0.841. The van der Waals surface area contributed by atoms with Gasteiger partial charge in [-0.25, -0.2) is 13.4 Å². The van der Waals surface area contributed by atoms with Crippen LogP contribution in [0.15, 0.2) is 53.4 Å². The van der Waals surface area contributed by atoms with Gasteiger partial charge in [-0.05, 0) is 44.0 Å². The van der Waals surface area contributed by atoms with Gasteiger partial charge in [0.15, 0.2) is 0 Å². The highest BCUT2D eigenvalue weighted by Gasteiger charge is 2.40. The lowest BCUT2D eigenvalue weighted by Crippen LogP contribution is -2.46. The van der Waals surface area contributed by atoms with E-state index in [1.165, 1.54) is 4.31 Å². The molecule has 0 radical (unpaired) electrons. The molecule has 2 heterocycles. The molecule has 1 saturated heterocycles. The quantitative estimate of drug-likeness (QED) is 0.623. The Kier molecular flexibility index (Phi) is 5.42.